The van der Waals surface area contributed by atoms with Crippen LogP contribution in [0, 0.1) is 17.5 Å². The van der Waals surface area contributed by atoms with Crippen molar-refractivity contribution in [3.05, 3.63) is 107 Å². The first-order valence-corrected chi connectivity index (χ1v) is 10.3. The highest BCUT2D eigenvalue weighted by Crippen LogP contribution is 2.39. The van der Waals surface area contributed by atoms with E-state index in [4.69, 9.17) is 4.52 Å². The van der Waals surface area contributed by atoms with Gasteiger partial charge in [-0.2, -0.15) is 4.98 Å². The van der Waals surface area contributed by atoms with E-state index in [1.165, 1.54) is 59.5 Å². The average Bonchev–Trinajstić information content (AvgIpc) is 3.30. The number of anilines is 1. The summed E-state index contributed by atoms with van der Waals surface area (Å²) in [5.74, 6) is -1.05. The number of benzene rings is 3. The molecule has 34 heavy (non-hydrogen) atoms. The number of carbonyl (C=O) groups is 1. The molecule has 4 aromatic rings. The minimum atomic E-state index is -0.731. The summed E-state index contributed by atoms with van der Waals surface area (Å²) >= 11 is 0. The number of carbonyl (C=O) groups excluding carboxylic acids is 1. The molecule has 1 unspecified atom stereocenters. The summed E-state index contributed by atoms with van der Waals surface area (Å²) in [6, 6.07) is 15.7. The van der Waals surface area contributed by atoms with E-state index in [9.17, 15) is 18.0 Å². The van der Waals surface area contributed by atoms with Crippen LogP contribution >= 0.6 is 0 Å². The van der Waals surface area contributed by atoms with Crippen molar-refractivity contribution in [1.82, 2.24) is 15.5 Å². The van der Waals surface area contributed by atoms with Crippen LogP contribution in [0.2, 0.25) is 0 Å². The van der Waals surface area contributed by atoms with Gasteiger partial charge in [-0.25, -0.2) is 18.0 Å². The predicted molar refractivity (Wildman–Crippen MR) is 119 cm³/mol. The van der Waals surface area contributed by atoms with E-state index in [1.807, 2.05) is 0 Å². The Morgan fingerprint density at radius 3 is 2.26 bits per heavy atom. The Morgan fingerprint density at radius 2 is 1.59 bits per heavy atom. The lowest BCUT2D eigenvalue weighted by atomic mass is 9.94. The van der Waals surface area contributed by atoms with Gasteiger partial charge < -0.3 is 9.84 Å². The average molecular weight is 462 g/mol. The van der Waals surface area contributed by atoms with Gasteiger partial charge in [-0.05, 0) is 61.0 Å². The number of hydrogen-bond acceptors (Lipinski definition) is 4. The molecule has 1 aliphatic heterocycles. The van der Waals surface area contributed by atoms with Crippen molar-refractivity contribution < 1.29 is 22.5 Å². The Hall–Kier alpha value is -4.40. The standard InChI is InChI=1S/C25H17F3N4O2/c1-14-21(24-30-23(31-34-24)16-3-2-4-19(28)13-16)22(15-5-7-17(26)8-6-15)29-25(33)32(14)20-11-9-18(27)10-12-20/h2-13,22H,1H3,(H,29,33). The largest absolute Gasteiger partial charge is 0.334 e. The van der Waals surface area contributed by atoms with Gasteiger partial charge in [-0.3, -0.25) is 4.90 Å². The molecular formula is C25H17F3N4O2. The van der Waals surface area contributed by atoms with E-state index in [1.54, 1.807) is 25.1 Å². The number of nitrogens with one attached hydrogen (secondary N) is 1. The number of rotatable bonds is 4. The molecule has 1 aromatic heterocycles. The van der Waals surface area contributed by atoms with Crippen molar-refractivity contribution in [2.75, 3.05) is 4.90 Å². The quantitative estimate of drug-likeness (QED) is 0.413. The van der Waals surface area contributed by atoms with Gasteiger partial charge in [0.05, 0.1) is 17.3 Å². The molecule has 1 aliphatic rings. The van der Waals surface area contributed by atoms with Gasteiger partial charge in [0.2, 0.25) is 5.82 Å². The molecule has 0 radical (unpaired) electrons. The third kappa shape index (κ3) is 3.92. The smallest absolute Gasteiger partial charge is 0.326 e. The third-order valence-electron chi connectivity index (χ3n) is 5.51. The van der Waals surface area contributed by atoms with E-state index < -0.39 is 29.5 Å². The Kier molecular flexibility index (Phi) is 5.37. The van der Waals surface area contributed by atoms with Gasteiger partial charge in [0.15, 0.2) is 0 Å². The van der Waals surface area contributed by atoms with Crippen LogP contribution in [0.25, 0.3) is 17.0 Å². The molecule has 1 N–H and O–H groups in total. The van der Waals surface area contributed by atoms with Crippen molar-refractivity contribution in [2.45, 2.75) is 13.0 Å². The minimum Gasteiger partial charge on any atom is -0.334 e. The van der Waals surface area contributed by atoms with Crippen molar-refractivity contribution in [3.8, 4) is 11.4 Å². The first kappa shape index (κ1) is 21.4. The van der Waals surface area contributed by atoms with Crippen LogP contribution in [0.5, 0.6) is 0 Å². The monoisotopic (exact) mass is 462 g/mol. The van der Waals surface area contributed by atoms with Gasteiger partial charge in [-0.15, -0.1) is 0 Å². The van der Waals surface area contributed by atoms with Crippen molar-refractivity contribution in [3.63, 3.8) is 0 Å². The van der Waals surface area contributed by atoms with Crippen LogP contribution in [0.4, 0.5) is 23.7 Å². The fourth-order valence-corrected chi connectivity index (χ4v) is 3.90. The van der Waals surface area contributed by atoms with Gasteiger partial charge in [0.1, 0.15) is 17.5 Å². The molecule has 170 valence electrons. The maximum Gasteiger partial charge on any atom is 0.326 e. The maximum absolute atomic E-state index is 13.7. The zero-order valence-corrected chi connectivity index (χ0v) is 17.8. The number of urea groups is 1. The first-order valence-electron chi connectivity index (χ1n) is 10.3. The van der Waals surface area contributed by atoms with Crippen LogP contribution in [0.1, 0.15) is 24.4 Å². The number of nitrogens with zero attached hydrogens (tertiary/aromatic N) is 3. The zero-order valence-electron chi connectivity index (χ0n) is 17.8. The molecule has 0 bridgehead atoms. The van der Waals surface area contributed by atoms with Gasteiger partial charge in [-0.1, -0.05) is 29.4 Å². The Balaban J connectivity index is 1.65. The molecule has 9 heteroatoms. The van der Waals surface area contributed by atoms with E-state index in [2.05, 4.69) is 15.5 Å². The first-order chi connectivity index (χ1) is 16.4. The summed E-state index contributed by atoms with van der Waals surface area (Å²) in [5.41, 5.74) is 2.36. The van der Waals surface area contributed by atoms with E-state index in [0.29, 0.717) is 28.1 Å². The highest BCUT2D eigenvalue weighted by molar-refractivity contribution is 6.01. The molecule has 0 saturated heterocycles. The molecule has 1 atom stereocenters. The number of hydrogen-bond donors (Lipinski definition) is 1. The summed E-state index contributed by atoms with van der Waals surface area (Å²) in [5, 5.41) is 6.86. The zero-order chi connectivity index (χ0) is 23.8. The van der Waals surface area contributed by atoms with Crippen LogP contribution in [-0.4, -0.2) is 16.2 Å². The minimum absolute atomic E-state index is 0.0956. The van der Waals surface area contributed by atoms with Gasteiger partial charge in [0.25, 0.3) is 5.89 Å². The topological polar surface area (TPSA) is 71.3 Å². The lowest BCUT2D eigenvalue weighted by Gasteiger charge is -2.35. The molecule has 0 saturated carbocycles. The number of aromatic nitrogens is 2. The van der Waals surface area contributed by atoms with Crippen LogP contribution in [0.15, 0.2) is 83.0 Å². The SMILES string of the molecule is CC1=C(c2nc(-c3cccc(F)c3)no2)C(c2ccc(F)cc2)NC(=O)N1c1ccc(F)cc1. The third-order valence-corrected chi connectivity index (χ3v) is 5.51. The van der Waals surface area contributed by atoms with Gasteiger partial charge in [0, 0.05) is 11.3 Å². The number of allylic oxidation sites excluding steroid dienone is 1. The predicted octanol–water partition coefficient (Wildman–Crippen LogP) is 5.86. The summed E-state index contributed by atoms with van der Waals surface area (Å²) in [6.07, 6.45) is 0. The number of halogens is 3. The lowest BCUT2D eigenvalue weighted by Crippen LogP contribution is -2.46. The van der Waals surface area contributed by atoms with Crippen LogP contribution in [0.3, 0.4) is 0 Å². The molecule has 0 fully saturated rings. The molecule has 0 aliphatic carbocycles. The molecule has 2 amide bonds. The second-order valence-electron chi connectivity index (χ2n) is 7.68. The fourth-order valence-electron chi connectivity index (χ4n) is 3.90. The fraction of sp³-hybridized carbons (Fsp3) is 0.0800. The van der Waals surface area contributed by atoms with E-state index in [-0.39, 0.29) is 11.7 Å². The molecule has 3 aromatic carbocycles. The molecule has 5 rings (SSSR count). The Morgan fingerprint density at radius 1 is 0.912 bits per heavy atom. The molecule has 6 nitrogen and oxygen atoms in total. The lowest BCUT2D eigenvalue weighted by molar-refractivity contribution is 0.244. The van der Waals surface area contributed by atoms with Gasteiger partial charge >= 0.3 is 6.03 Å². The highest BCUT2D eigenvalue weighted by atomic mass is 19.1. The second-order valence-corrected chi connectivity index (χ2v) is 7.68. The Labute approximate surface area is 192 Å². The molecule has 0 spiro atoms. The summed E-state index contributed by atoms with van der Waals surface area (Å²) in [4.78, 5) is 18.9. The van der Waals surface area contributed by atoms with Crippen molar-refractivity contribution in [1.29, 1.82) is 0 Å². The van der Waals surface area contributed by atoms with Crippen LogP contribution in [-0.2, 0) is 0 Å². The van der Waals surface area contributed by atoms with E-state index >= 15 is 0 Å². The summed E-state index contributed by atoms with van der Waals surface area (Å²) in [7, 11) is 0. The highest BCUT2D eigenvalue weighted by Gasteiger charge is 2.36. The van der Waals surface area contributed by atoms with Crippen molar-refractivity contribution in [2.24, 2.45) is 0 Å². The van der Waals surface area contributed by atoms with Crippen LogP contribution < -0.4 is 10.2 Å². The molecule has 2 heterocycles. The van der Waals surface area contributed by atoms with Crippen molar-refractivity contribution >= 4 is 17.3 Å². The second kappa shape index (κ2) is 8.51. The number of amides is 2. The molecular weight excluding hydrogens is 445 g/mol. The van der Waals surface area contributed by atoms with E-state index in [0.717, 1.165) is 0 Å². The Bertz CT molecular complexity index is 1400. The normalized spacial score (nSPS) is 16.1. The summed E-state index contributed by atoms with van der Waals surface area (Å²) in [6.45, 7) is 1.69. The summed E-state index contributed by atoms with van der Waals surface area (Å²) < 4.78 is 46.3. The maximum atomic E-state index is 13.7.